The molecule has 1 rings (SSSR count). The molecule has 1 unspecified atom stereocenters. The molecule has 0 fully saturated rings. The van der Waals surface area contributed by atoms with Crippen molar-refractivity contribution in [2.24, 2.45) is 5.92 Å². The van der Waals surface area contributed by atoms with Crippen molar-refractivity contribution < 1.29 is 32.5 Å². The van der Waals surface area contributed by atoms with E-state index in [1.807, 2.05) is 6.42 Å². The van der Waals surface area contributed by atoms with Crippen molar-refractivity contribution in [2.75, 3.05) is 0 Å². The summed E-state index contributed by atoms with van der Waals surface area (Å²) in [5.74, 6) is 0.523. The van der Waals surface area contributed by atoms with Crippen LogP contribution in [0, 0.1) is 43.5 Å². The number of rotatable bonds is 0. The average molecular weight is 349 g/mol. The second kappa shape index (κ2) is 4.47. The van der Waals surface area contributed by atoms with Crippen LogP contribution in [0.4, 0.5) is 0 Å². The summed E-state index contributed by atoms with van der Waals surface area (Å²) >= 11 is 0. The summed E-state index contributed by atoms with van der Waals surface area (Å²) in [7, 11) is 0. The summed E-state index contributed by atoms with van der Waals surface area (Å²) in [6.45, 7) is 4.25. The zero-order valence-corrected chi connectivity index (χ0v) is 10.2. The Labute approximate surface area is 82.9 Å². The Morgan fingerprint density at radius 3 is 3.00 bits per heavy atom. The van der Waals surface area contributed by atoms with Gasteiger partial charge in [0.15, 0.2) is 0 Å². The van der Waals surface area contributed by atoms with Crippen LogP contribution < -0.4 is 0 Å². The van der Waals surface area contributed by atoms with Crippen molar-refractivity contribution in [3.63, 3.8) is 0 Å². The zero-order valence-electron chi connectivity index (χ0n) is 7.02. The van der Waals surface area contributed by atoms with Gasteiger partial charge in [0.25, 0.3) is 0 Å². The third-order valence-electron chi connectivity index (χ3n) is 1.46. The summed E-state index contributed by atoms with van der Waals surface area (Å²) in [6.07, 6.45) is 5.18. The van der Waals surface area contributed by atoms with Crippen molar-refractivity contribution >= 4 is 0 Å². The normalized spacial score (nSPS) is 35.3. The van der Waals surface area contributed by atoms with E-state index in [9.17, 15) is 0 Å². The van der Waals surface area contributed by atoms with Gasteiger partial charge in [-0.25, -0.2) is 18.1 Å². The van der Waals surface area contributed by atoms with Gasteiger partial charge in [0.1, 0.15) is 0 Å². The summed E-state index contributed by atoms with van der Waals surface area (Å²) in [5, 5.41) is 0. The van der Waals surface area contributed by atoms with E-state index in [1.165, 1.54) is 5.57 Å². The molecule has 50 valence electrons. The van der Waals surface area contributed by atoms with Crippen molar-refractivity contribution in [2.45, 2.75) is 26.7 Å². The van der Waals surface area contributed by atoms with Gasteiger partial charge in [-0.3, -0.25) is 0 Å². The van der Waals surface area contributed by atoms with Crippen LogP contribution in [0.3, 0.4) is 0 Å². The molecule has 0 radical (unpaired) electrons. The molecule has 0 aromatic carbocycles. The van der Waals surface area contributed by atoms with Gasteiger partial charge in [0.05, 0.1) is 0 Å². The molecule has 0 saturated heterocycles. The number of hydrogen-bond acceptors (Lipinski definition) is 0. The molecule has 0 amide bonds. The van der Waals surface area contributed by atoms with Gasteiger partial charge in [-0.05, 0) is 0 Å². The first kappa shape index (κ1) is 7.77. The number of allylic oxidation sites excluding steroid dienone is 2. The van der Waals surface area contributed by atoms with Gasteiger partial charge in [-0.2, -0.15) is 0 Å². The van der Waals surface area contributed by atoms with Crippen molar-refractivity contribution in [1.29, 1.82) is 0 Å². The van der Waals surface area contributed by atoms with Gasteiger partial charge in [-0.1, -0.05) is 25.7 Å². The predicted octanol–water partition coefficient (Wildman–Crippen LogP) is 2.57. The number of hydrogen-bond donors (Lipinski definition) is 0. The van der Waals surface area contributed by atoms with E-state index < -0.39 is 0 Å². The topological polar surface area (TPSA) is 0 Å². The molecule has 0 N–H and O–H groups in total. The Morgan fingerprint density at radius 1 is 1.89 bits per heavy atom. The van der Waals surface area contributed by atoms with Gasteiger partial charge in [0, 0.05) is 32.5 Å². The SMILES string of the molecule is [3H]C1[CH-]C=C(C)C[C@@H]1C.[U]. The Kier molecular flexibility index (Phi) is 3.86. The molecule has 0 saturated carbocycles. The van der Waals surface area contributed by atoms with Crippen molar-refractivity contribution in [1.82, 2.24) is 0 Å². The first-order valence-electron chi connectivity index (χ1n) is 3.71. The van der Waals surface area contributed by atoms with Crippen LogP contribution >= 0.6 is 0 Å². The monoisotopic (exact) mass is 349 g/mol. The van der Waals surface area contributed by atoms with E-state index in [4.69, 9.17) is 1.37 Å². The first-order valence-corrected chi connectivity index (χ1v) is 3.13. The molecule has 2 atom stereocenters. The molecule has 0 aromatic heterocycles. The van der Waals surface area contributed by atoms with Crippen molar-refractivity contribution in [3.8, 4) is 0 Å². The molecule has 0 spiro atoms. The second-order valence-corrected chi connectivity index (χ2v) is 2.58. The molecular weight excluding hydrogens is 334 g/mol. The van der Waals surface area contributed by atoms with E-state index in [0.717, 1.165) is 6.42 Å². The van der Waals surface area contributed by atoms with Gasteiger partial charge >= 0.3 is 0 Å². The standard InChI is InChI=1S/C8H13.U/c1-7-4-3-5-8(2)6-7;/h3-4,8H,5-6H2,1-2H3;/q-1;/t8-;/m1./s1/i5T;/t5?,8-;. The quantitative estimate of drug-likeness (QED) is 0.590. The largest absolute Gasteiger partial charge is 0.230 e. The van der Waals surface area contributed by atoms with Crippen LogP contribution in [0.5, 0.6) is 0 Å². The van der Waals surface area contributed by atoms with Crippen LogP contribution in [0.2, 0.25) is 0 Å². The summed E-state index contributed by atoms with van der Waals surface area (Å²) < 4.78 is 7.47. The maximum atomic E-state index is 7.47. The molecule has 0 aliphatic heterocycles. The third-order valence-corrected chi connectivity index (χ3v) is 1.46. The maximum Gasteiger partial charge on any atom is 0.0114 e. The molecule has 1 aliphatic rings. The Hall–Kier alpha value is 0.662. The Balaban J connectivity index is 0.000000810. The van der Waals surface area contributed by atoms with E-state index in [-0.39, 0.29) is 37.5 Å². The summed E-state index contributed by atoms with van der Waals surface area (Å²) in [5.41, 5.74) is 1.41. The average Bonchev–Trinajstić information content (AvgIpc) is 1.80. The second-order valence-electron chi connectivity index (χ2n) is 2.58. The smallest absolute Gasteiger partial charge is 0.0114 e. The fourth-order valence-corrected chi connectivity index (χ4v) is 1.05. The Bertz CT molecular complexity index is 131. The molecule has 0 bridgehead atoms. The zero-order chi connectivity index (χ0) is 6.85. The molecule has 9 heavy (non-hydrogen) atoms. The molecular formula is C8H13U-. The third kappa shape index (κ3) is 3.38. The molecule has 0 aromatic rings. The van der Waals surface area contributed by atoms with Crippen LogP contribution in [0.15, 0.2) is 11.6 Å². The van der Waals surface area contributed by atoms with E-state index >= 15 is 0 Å². The van der Waals surface area contributed by atoms with E-state index in [0.29, 0.717) is 5.92 Å². The fraction of sp³-hybridized carbons (Fsp3) is 0.625. The predicted molar refractivity (Wildman–Crippen MR) is 36.5 cm³/mol. The van der Waals surface area contributed by atoms with Crippen LogP contribution in [-0.4, -0.2) is 0 Å². The van der Waals surface area contributed by atoms with E-state index in [1.54, 1.807) is 0 Å². The Morgan fingerprint density at radius 2 is 2.56 bits per heavy atom. The minimum atomic E-state index is 0. The van der Waals surface area contributed by atoms with Gasteiger partial charge in [0.2, 0.25) is 0 Å². The van der Waals surface area contributed by atoms with Gasteiger partial charge < -0.3 is 0 Å². The fourth-order valence-electron chi connectivity index (χ4n) is 1.05. The summed E-state index contributed by atoms with van der Waals surface area (Å²) in [4.78, 5) is 0. The summed E-state index contributed by atoms with van der Waals surface area (Å²) in [6, 6.07) is 0. The van der Waals surface area contributed by atoms with Crippen LogP contribution in [0.25, 0.3) is 0 Å². The molecule has 0 heterocycles. The van der Waals surface area contributed by atoms with Crippen LogP contribution in [-0.2, 0) is 0 Å². The van der Waals surface area contributed by atoms with E-state index in [2.05, 4.69) is 19.9 Å². The van der Waals surface area contributed by atoms with Crippen LogP contribution in [0.1, 0.15) is 28.0 Å². The van der Waals surface area contributed by atoms with Gasteiger partial charge in [-0.15, -0.1) is 6.92 Å². The minimum Gasteiger partial charge on any atom is -0.230 e. The maximum absolute atomic E-state index is 7.47. The first-order chi connectivity index (χ1) is 4.20. The molecule has 0 nitrogen and oxygen atoms in total. The molecule has 1 heteroatoms. The minimum absolute atomic E-state index is 0. The molecule has 1 aliphatic carbocycles. The van der Waals surface area contributed by atoms with Crippen molar-refractivity contribution in [3.05, 3.63) is 18.1 Å².